The first kappa shape index (κ1) is 22.8. The highest BCUT2D eigenvalue weighted by Gasteiger charge is 2.14. The molecule has 1 amide bonds. The number of aromatic amines is 1. The maximum Gasteiger partial charge on any atom is 0.270 e. The number of hydrogen-bond acceptors (Lipinski definition) is 5. The van der Waals surface area contributed by atoms with Crippen molar-refractivity contribution in [1.82, 2.24) is 9.97 Å². The van der Waals surface area contributed by atoms with Gasteiger partial charge in [-0.2, -0.15) is 5.26 Å². The van der Waals surface area contributed by atoms with E-state index in [0.29, 0.717) is 27.5 Å². The van der Waals surface area contributed by atoms with E-state index < -0.39 is 5.56 Å². The molecular formula is C28H18ClN5O2. The average Bonchev–Trinajstić information content (AvgIpc) is 2.90. The lowest BCUT2D eigenvalue weighted by Crippen LogP contribution is -2.16. The van der Waals surface area contributed by atoms with Crippen LogP contribution in [0.4, 0.5) is 17.3 Å². The van der Waals surface area contributed by atoms with Crippen LogP contribution in [0.3, 0.4) is 0 Å². The van der Waals surface area contributed by atoms with Gasteiger partial charge >= 0.3 is 0 Å². The maximum absolute atomic E-state index is 12.8. The molecular weight excluding hydrogens is 474 g/mol. The Hall–Kier alpha value is -4.93. The first-order chi connectivity index (χ1) is 17.5. The predicted molar refractivity (Wildman–Crippen MR) is 142 cm³/mol. The van der Waals surface area contributed by atoms with E-state index in [1.807, 2.05) is 42.5 Å². The molecule has 1 aromatic heterocycles. The molecule has 0 fully saturated rings. The third-order valence-corrected chi connectivity index (χ3v) is 5.82. The molecule has 4 aromatic carbocycles. The predicted octanol–water partition coefficient (Wildman–Crippen LogP) is 6.11. The molecule has 0 bridgehead atoms. The van der Waals surface area contributed by atoms with Crippen LogP contribution in [0.5, 0.6) is 0 Å². The Morgan fingerprint density at radius 2 is 1.58 bits per heavy atom. The van der Waals surface area contributed by atoms with Gasteiger partial charge in [-0.15, -0.1) is 0 Å². The number of carbonyl (C=O) groups excluding carboxylic acids is 1. The van der Waals surface area contributed by atoms with Gasteiger partial charge in [0.1, 0.15) is 11.6 Å². The maximum atomic E-state index is 12.8. The standard InChI is InChI=1S/C28H18ClN5O2/c29-21-9-13-23(14-10-21)32-28-33-25(24(16-30)27(36)34-28)18-7-11-22(12-8-18)31-26(35)20-6-5-17-3-1-2-4-19(17)15-20/h1-15H,(H,31,35)(H2,32,33,34,36). The Morgan fingerprint density at radius 3 is 2.31 bits per heavy atom. The molecule has 0 aliphatic carbocycles. The van der Waals surface area contributed by atoms with Crippen LogP contribution in [-0.2, 0) is 0 Å². The molecule has 0 atom stereocenters. The summed E-state index contributed by atoms with van der Waals surface area (Å²) >= 11 is 5.92. The van der Waals surface area contributed by atoms with Crippen molar-refractivity contribution in [3.63, 3.8) is 0 Å². The number of amides is 1. The van der Waals surface area contributed by atoms with Gasteiger partial charge in [0.2, 0.25) is 5.95 Å². The molecule has 0 aliphatic heterocycles. The molecule has 5 rings (SSSR count). The molecule has 5 aromatic rings. The summed E-state index contributed by atoms with van der Waals surface area (Å²) in [6, 6.07) is 29.0. The minimum Gasteiger partial charge on any atom is -0.326 e. The van der Waals surface area contributed by atoms with Crippen molar-refractivity contribution in [2.24, 2.45) is 0 Å². The summed E-state index contributed by atoms with van der Waals surface area (Å²) in [7, 11) is 0. The van der Waals surface area contributed by atoms with Crippen LogP contribution in [-0.4, -0.2) is 15.9 Å². The van der Waals surface area contributed by atoms with Crippen molar-refractivity contribution in [3.8, 4) is 17.3 Å². The molecule has 7 nitrogen and oxygen atoms in total. The van der Waals surface area contributed by atoms with E-state index in [4.69, 9.17) is 11.6 Å². The number of nitrogens with zero attached hydrogens (tertiary/aromatic N) is 2. The summed E-state index contributed by atoms with van der Waals surface area (Å²) in [5, 5.41) is 18.0. The van der Waals surface area contributed by atoms with Crippen LogP contribution in [0.2, 0.25) is 5.02 Å². The van der Waals surface area contributed by atoms with Gasteiger partial charge in [0, 0.05) is 27.5 Å². The van der Waals surface area contributed by atoms with E-state index in [2.05, 4.69) is 20.6 Å². The lowest BCUT2D eigenvalue weighted by Gasteiger charge is -2.10. The van der Waals surface area contributed by atoms with Gasteiger partial charge in [0.15, 0.2) is 0 Å². The summed E-state index contributed by atoms with van der Waals surface area (Å²) in [6.07, 6.45) is 0. The molecule has 36 heavy (non-hydrogen) atoms. The molecule has 0 spiro atoms. The molecule has 1 heterocycles. The molecule has 0 unspecified atom stereocenters. The molecule has 0 saturated heterocycles. The number of H-pyrrole nitrogens is 1. The number of anilines is 3. The van der Waals surface area contributed by atoms with Gasteiger partial charge in [0.05, 0.1) is 5.69 Å². The number of aromatic nitrogens is 2. The van der Waals surface area contributed by atoms with Gasteiger partial charge in [0.25, 0.3) is 11.5 Å². The number of hydrogen-bond donors (Lipinski definition) is 3. The van der Waals surface area contributed by atoms with Gasteiger partial charge in [-0.05, 0) is 59.3 Å². The van der Waals surface area contributed by atoms with Crippen molar-refractivity contribution >= 4 is 45.6 Å². The van der Waals surface area contributed by atoms with Gasteiger partial charge in [-0.25, -0.2) is 4.98 Å². The zero-order chi connectivity index (χ0) is 25.1. The number of halogens is 1. The zero-order valence-electron chi connectivity index (χ0n) is 18.7. The van der Waals surface area contributed by atoms with Crippen LogP contribution >= 0.6 is 11.6 Å². The van der Waals surface area contributed by atoms with Crippen molar-refractivity contribution in [1.29, 1.82) is 5.26 Å². The largest absolute Gasteiger partial charge is 0.326 e. The second kappa shape index (κ2) is 9.74. The van der Waals surface area contributed by atoms with E-state index in [1.54, 1.807) is 54.6 Å². The SMILES string of the molecule is N#Cc1c(-c2ccc(NC(=O)c3ccc4ccccc4c3)cc2)nc(Nc2ccc(Cl)cc2)[nH]c1=O. The first-order valence-corrected chi connectivity index (χ1v) is 11.4. The van der Waals surface area contributed by atoms with E-state index in [0.717, 1.165) is 10.8 Å². The third-order valence-electron chi connectivity index (χ3n) is 5.57. The average molecular weight is 492 g/mol. The second-order valence-electron chi connectivity index (χ2n) is 7.98. The quantitative estimate of drug-likeness (QED) is 0.274. The van der Waals surface area contributed by atoms with Crippen LogP contribution in [0.15, 0.2) is 95.8 Å². The van der Waals surface area contributed by atoms with E-state index in [1.165, 1.54) is 0 Å². The van der Waals surface area contributed by atoms with Crippen LogP contribution in [0, 0.1) is 11.3 Å². The minimum atomic E-state index is -0.562. The third kappa shape index (κ3) is 4.80. The van der Waals surface area contributed by atoms with Gasteiger partial charge in [-0.3, -0.25) is 14.6 Å². The highest BCUT2D eigenvalue weighted by Crippen LogP contribution is 2.24. The Bertz CT molecular complexity index is 1690. The second-order valence-corrected chi connectivity index (χ2v) is 8.41. The summed E-state index contributed by atoms with van der Waals surface area (Å²) in [4.78, 5) is 32.3. The summed E-state index contributed by atoms with van der Waals surface area (Å²) < 4.78 is 0. The monoisotopic (exact) mass is 491 g/mol. The van der Waals surface area contributed by atoms with E-state index >= 15 is 0 Å². The van der Waals surface area contributed by atoms with Crippen molar-refractivity contribution < 1.29 is 4.79 Å². The van der Waals surface area contributed by atoms with Crippen molar-refractivity contribution in [3.05, 3.63) is 117 Å². The van der Waals surface area contributed by atoms with Crippen LogP contribution in [0.1, 0.15) is 15.9 Å². The Kier molecular flexibility index (Phi) is 6.18. The zero-order valence-corrected chi connectivity index (χ0v) is 19.5. The smallest absolute Gasteiger partial charge is 0.270 e. The number of rotatable bonds is 5. The summed E-state index contributed by atoms with van der Waals surface area (Å²) in [5.74, 6) is -0.0556. The number of nitrogens with one attached hydrogen (secondary N) is 3. The van der Waals surface area contributed by atoms with E-state index in [9.17, 15) is 14.9 Å². The number of carbonyl (C=O) groups is 1. The molecule has 8 heteroatoms. The fourth-order valence-corrected chi connectivity index (χ4v) is 3.89. The topological polar surface area (TPSA) is 111 Å². The van der Waals surface area contributed by atoms with Crippen molar-refractivity contribution in [2.45, 2.75) is 0 Å². The fourth-order valence-electron chi connectivity index (χ4n) is 3.76. The molecule has 0 saturated carbocycles. The Morgan fingerprint density at radius 1 is 0.889 bits per heavy atom. The highest BCUT2D eigenvalue weighted by atomic mass is 35.5. The Labute approximate surface area is 211 Å². The molecule has 174 valence electrons. The number of nitriles is 1. The number of fused-ring (bicyclic) bond motifs is 1. The van der Waals surface area contributed by atoms with E-state index in [-0.39, 0.29) is 23.1 Å². The van der Waals surface area contributed by atoms with Crippen molar-refractivity contribution in [2.75, 3.05) is 10.6 Å². The number of benzene rings is 4. The van der Waals surface area contributed by atoms with Crippen LogP contribution < -0.4 is 16.2 Å². The molecule has 3 N–H and O–H groups in total. The summed E-state index contributed by atoms with van der Waals surface area (Å²) in [5.41, 5.74) is 1.89. The first-order valence-electron chi connectivity index (χ1n) is 11.0. The molecule has 0 radical (unpaired) electrons. The highest BCUT2D eigenvalue weighted by molar-refractivity contribution is 6.30. The minimum absolute atomic E-state index is 0.107. The van der Waals surface area contributed by atoms with Gasteiger partial charge < -0.3 is 10.6 Å². The van der Waals surface area contributed by atoms with Crippen LogP contribution in [0.25, 0.3) is 22.0 Å². The fraction of sp³-hybridized carbons (Fsp3) is 0. The summed E-state index contributed by atoms with van der Waals surface area (Å²) in [6.45, 7) is 0. The normalized spacial score (nSPS) is 10.6. The Balaban J connectivity index is 1.39. The van der Waals surface area contributed by atoms with Gasteiger partial charge in [-0.1, -0.05) is 54.1 Å². The lowest BCUT2D eigenvalue weighted by atomic mass is 10.1. The lowest BCUT2D eigenvalue weighted by molar-refractivity contribution is 0.102. The molecule has 0 aliphatic rings.